The van der Waals surface area contributed by atoms with Gasteiger partial charge in [-0.2, -0.15) is 0 Å². The highest BCUT2D eigenvalue weighted by Crippen LogP contribution is 2.22. The number of nitrogens with two attached hydrogens (primary N) is 1. The molecule has 2 N–H and O–H groups in total. The van der Waals surface area contributed by atoms with Gasteiger partial charge in [0.15, 0.2) is 0 Å². The zero-order valence-electron chi connectivity index (χ0n) is 9.91. The molecule has 0 amide bonds. The summed E-state index contributed by atoms with van der Waals surface area (Å²) in [6.07, 6.45) is 7.90. The Morgan fingerprint density at radius 2 is 1.88 bits per heavy atom. The van der Waals surface area contributed by atoms with Crippen molar-refractivity contribution in [3.8, 4) is 5.88 Å². The Labute approximate surface area is 97.0 Å². The molecule has 88 valence electrons. The molecule has 0 aliphatic heterocycles. The predicted octanol–water partition coefficient (Wildman–Crippen LogP) is 3.07. The molecule has 1 saturated carbocycles. The van der Waals surface area contributed by atoms with E-state index in [1.165, 1.54) is 25.7 Å². The number of rotatable bonds is 2. The number of aryl methyl sites for hydroxylation is 1. The topological polar surface area (TPSA) is 48.1 Å². The van der Waals surface area contributed by atoms with Gasteiger partial charge in [0.25, 0.3) is 0 Å². The van der Waals surface area contributed by atoms with Crippen molar-refractivity contribution in [1.82, 2.24) is 4.98 Å². The summed E-state index contributed by atoms with van der Waals surface area (Å²) in [6.45, 7) is 1.91. The minimum absolute atomic E-state index is 0.345. The lowest BCUT2D eigenvalue weighted by molar-refractivity contribution is 0.176. The van der Waals surface area contributed by atoms with E-state index in [0.717, 1.165) is 30.1 Å². The summed E-state index contributed by atoms with van der Waals surface area (Å²) >= 11 is 0. The minimum atomic E-state index is 0.345. The average Bonchev–Trinajstić information content (AvgIpc) is 2.52. The van der Waals surface area contributed by atoms with E-state index in [1.54, 1.807) is 0 Å². The van der Waals surface area contributed by atoms with Crippen LogP contribution in [0.1, 0.15) is 44.2 Å². The van der Waals surface area contributed by atoms with Crippen LogP contribution in [0.25, 0.3) is 0 Å². The number of nitrogens with zero attached hydrogens (tertiary/aromatic N) is 1. The summed E-state index contributed by atoms with van der Waals surface area (Å²) < 4.78 is 5.90. The van der Waals surface area contributed by atoms with Crippen LogP contribution in [0.5, 0.6) is 5.88 Å². The maximum Gasteiger partial charge on any atom is 0.213 e. The summed E-state index contributed by atoms with van der Waals surface area (Å²) in [4.78, 5) is 4.35. The Hall–Kier alpha value is -1.25. The van der Waals surface area contributed by atoms with Gasteiger partial charge in [0.2, 0.25) is 5.88 Å². The van der Waals surface area contributed by atoms with Crippen molar-refractivity contribution in [1.29, 1.82) is 0 Å². The molecule has 0 saturated heterocycles. The van der Waals surface area contributed by atoms with Crippen LogP contribution in [0.15, 0.2) is 12.1 Å². The first-order valence-electron chi connectivity index (χ1n) is 6.15. The van der Waals surface area contributed by atoms with E-state index in [2.05, 4.69) is 4.98 Å². The van der Waals surface area contributed by atoms with Crippen LogP contribution in [-0.2, 0) is 0 Å². The third kappa shape index (κ3) is 2.87. The fourth-order valence-corrected chi connectivity index (χ4v) is 2.14. The highest BCUT2D eigenvalue weighted by Gasteiger charge is 2.14. The Morgan fingerprint density at radius 1 is 1.19 bits per heavy atom. The third-order valence-electron chi connectivity index (χ3n) is 3.19. The van der Waals surface area contributed by atoms with E-state index in [-0.39, 0.29) is 0 Å². The molecule has 0 bridgehead atoms. The average molecular weight is 220 g/mol. The van der Waals surface area contributed by atoms with E-state index < -0.39 is 0 Å². The predicted molar refractivity (Wildman–Crippen MR) is 65.5 cm³/mol. The van der Waals surface area contributed by atoms with Gasteiger partial charge in [-0.1, -0.05) is 12.8 Å². The number of nitrogen functional groups attached to an aromatic ring is 1. The van der Waals surface area contributed by atoms with Gasteiger partial charge >= 0.3 is 0 Å². The van der Waals surface area contributed by atoms with Crippen molar-refractivity contribution in [3.05, 3.63) is 17.8 Å². The van der Waals surface area contributed by atoms with Crippen LogP contribution in [0.4, 0.5) is 5.69 Å². The van der Waals surface area contributed by atoms with Crippen molar-refractivity contribution in [2.75, 3.05) is 5.73 Å². The molecule has 16 heavy (non-hydrogen) atoms. The van der Waals surface area contributed by atoms with Crippen molar-refractivity contribution in [3.63, 3.8) is 0 Å². The molecule has 1 aliphatic rings. The van der Waals surface area contributed by atoms with Crippen LogP contribution in [0.2, 0.25) is 0 Å². The molecule has 0 radical (unpaired) electrons. The van der Waals surface area contributed by atoms with Gasteiger partial charge < -0.3 is 10.5 Å². The first-order valence-corrected chi connectivity index (χ1v) is 6.15. The monoisotopic (exact) mass is 220 g/mol. The Balaban J connectivity index is 1.99. The molecule has 1 heterocycles. The van der Waals surface area contributed by atoms with Gasteiger partial charge in [0.1, 0.15) is 6.10 Å². The molecule has 0 unspecified atom stereocenters. The Morgan fingerprint density at radius 3 is 2.50 bits per heavy atom. The molecular formula is C13H20N2O. The van der Waals surface area contributed by atoms with Gasteiger partial charge in [-0.25, -0.2) is 4.98 Å². The second-order valence-corrected chi connectivity index (χ2v) is 4.56. The summed E-state index contributed by atoms with van der Waals surface area (Å²) in [5, 5.41) is 0. The first-order chi connectivity index (χ1) is 7.75. The number of hydrogen-bond donors (Lipinski definition) is 1. The van der Waals surface area contributed by atoms with Crippen LogP contribution in [-0.4, -0.2) is 11.1 Å². The summed E-state index contributed by atoms with van der Waals surface area (Å²) in [5.41, 5.74) is 7.31. The second-order valence-electron chi connectivity index (χ2n) is 4.56. The number of hydrogen-bond acceptors (Lipinski definition) is 3. The summed E-state index contributed by atoms with van der Waals surface area (Å²) in [5.74, 6) is 0.721. The highest BCUT2D eigenvalue weighted by atomic mass is 16.5. The van der Waals surface area contributed by atoms with Gasteiger partial charge in [0.05, 0.1) is 11.4 Å². The summed E-state index contributed by atoms with van der Waals surface area (Å²) in [6, 6.07) is 3.74. The molecule has 0 atom stereocenters. The molecule has 3 nitrogen and oxygen atoms in total. The smallest absolute Gasteiger partial charge is 0.213 e. The normalized spacial score (nSPS) is 18.1. The number of aromatic nitrogens is 1. The van der Waals surface area contributed by atoms with Crippen molar-refractivity contribution in [2.24, 2.45) is 0 Å². The molecule has 1 aliphatic carbocycles. The molecule has 1 aromatic heterocycles. The lowest BCUT2D eigenvalue weighted by Gasteiger charge is -2.16. The zero-order chi connectivity index (χ0) is 11.4. The number of anilines is 1. The van der Waals surface area contributed by atoms with E-state index in [0.29, 0.717) is 6.10 Å². The molecule has 0 spiro atoms. The number of ether oxygens (including phenoxy) is 1. The third-order valence-corrected chi connectivity index (χ3v) is 3.19. The minimum Gasteiger partial charge on any atom is -0.474 e. The molecule has 2 rings (SSSR count). The lowest BCUT2D eigenvalue weighted by atomic mass is 10.1. The van der Waals surface area contributed by atoms with E-state index in [1.807, 2.05) is 19.1 Å². The van der Waals surface area contributed by atoms with Gasteiger partial charge in [-0.15, -0.1) is 0 Å². The number of pyridine rings is 1. The molecule has 1 fully saturated rings. The van der Waals surface area contributed by atoms with E-state index in [4.69, 9.17) is 10.5 Å². The van der Waals surface area contributed by atoms with Crippen LogP contribution in [0, 0.1) is 6.92 Å². The molecular weight excluding hydrogens is 200 g/mol. The molecule has 0 aromatic carbocycles. The van der Waals surface area contributed by atoms with E-state index in [9.17, 15) is 0 Å². The van der Waals surface area contributed by atoms with Crippen molar-refractivity contribution in [2.45, 2.75) is 51.6 Å². The first kappa shape index (κ1) is 11.2. The maximum atomic E-state index is 5.90. The SMILES string of the molecule is Cc1nc(OC2CCCCCC2)ccc1N. The maximum absolute atomic E-state index is 5.90. The fourth-order valence-electron chi connectivity index (χ4n) is 2.14. The van der Waals surface area contributed by atoms with Gasteiger partial charge in [0, 0.05) is 6.07 Å². The lowest BCUT2D eigenvalue weighted by Crippen LogP contribution is -2.16. The van der Waals surface area contributed by atoms with Gasteiger partial charge in [-0.05, 0) is 38.7 Å². The second kappa shape index (κ2) is 5.19. The van der Waals surface area contributed by atoms with E-state index >= 15 is 0 Å². The van der Waals surface area contributed by atoms with Crippen LogP contribution in [0.3, 0.4) is 0 Å². The molecule has 1 aromatic rings. The largest absolute Gasteiger partial charge is 0.474 e. The summed E-state index contributed by atoms with van der Waals surface area (Å²) in [7, 11) is 0. The van der Waals surface area contributed by atoms with Crippen molar-refractivity contribution < 1.29 is 4.74 Å². The van der Waals surface area contributed by atoms with Crippen LogP contribution < -0.4 is 10.5 Å². The quantitative estimate of drug-likeness (QED) is 0.779. The Bertz CT molecular complexity index is 344. The fraction of sp³-hybridized carbons (Fsp3) is 0.615. The van der Waals surface area contributed by atoms with Crippen LogP contribution >= 0.6 is 0 Å². The zero-order valence-corrected chi connectivity index (χ0v) is 9.91. The highest BCUT2D eigenvalue weighted by molar-refractivity contribution is 5.43. The van der Waals surface area contributed by atoms with Crippen molar-refractivity contribution >= 4 is 5.69 Å². The van der Waals surface area contributed by atoms with Gasteiger partial charge in [-0.3, -0.25) is 0 Å². The standard InChI is InChI=1S/C13H20N2O/c1-10-12(14)8-9-13(15-10)16-11-6-4-2-3-5-7-11/h8-9,11H,2-7,14H2,1H3. The molecule has 3 heteroatoms. The Kier molecular flexibility index (Phi) is 3.65.